The molecule has 0 aromatic rings. The number of allylic oxidation sites excluding steroid dienone is 8. The fourth-order valence-corrected chi connectivity index (χ4v) is 7.39. The predicted octanol–water partition coefficient (Wildman–Crippen LogP) is 17.1. The molecule has 0 N–H and O–H groups in total. The Labute approximate surface area is 378 Å². The fraction of sp³-hybridized carbons (Fsp3) is 0.800. The average molecular weight is 855 g/mol. The minimum atomic E-state index is -0.793. The van der Waals surface area contributed by atoms with Crippen molar-refractivity contribution in [3.63, 3.8) is 0 Å². The quantitative estimate of drug-likeness (QED) is 0.0263. The number of hydrogen-bond acceptors (Lipinski definition) is 6. The first-order chi connectivity index (χ1) is 30.0. The minimum Gasteiger partial charge on any atom is -0.462 e. The van der Waals surface area contributed by atoms with Crippen LogP contribution in [0.15, 0.2) is 48.6 Å². The maximum atomic E-state index is 12.8. The van der Waals surface area contributed by atoms with Gasteiger partial charge in [0.1, 0.15) is 13.2 Å². The molecule has 0 bridgehead atoms. The monoisotopic (exact) mass is 855 g/mol. The molecule has 0 aliphatic heterocycles. The number of carbonyl (C=O) groups excluding carboxylic acids is 3. The van der Waals surface area contributed by atoms with Crippen molar-refractivity contribution in [2.75, 3.05) is 13.2 Å². The number of carbonyl (C=O) groups is 3. The number of unbranched alkanes of at least 4 members (excludes halogenated alkanes) is 28. The maximum absolute atomic E-state index is 12.8. The molecule has 0 aromatic heterocycles. The van der Waals surface area contributed by atoms with Crippen LogP contribution in [0.2, 0.25) is 0 Å². The van der Waals surface area contributed by atoms with Crippen LogP contribution in [0.25, 0.3) is 0 Å². The van der Waals surface area contributed by atoms with Gasteiger partial charge in [0.2, 0.25) is 0 Å². The van der Waals surface area contributed by atoms with E-state index in [1.807, 2.05) is 0 Å². The van der Waals surface area contributed by atoms with Crippen molar-refractivity contribution >= 4 is 17.9 Å². The van der Waals surface area contributed by atoms with E-state index in [0.29, 0.717) is 19.3 Å². The van der Waals surface area contributed by atoms with Gasteiger partial charge in [0, 0.05) is 19.3 Å². The molecule has 0 aliphatic carbocycles. The Kier molecular flexibility index (Phi) is 47.9. The van der Waals surface area contributed by atoms with Gasteiger partial charge in [0.15, 0.2) is 6.10 Å². The third-order valence-electron chi connectivity index (χ3n) is 11.3. The summed E-state index contributed by atoms with van der Waals surface area (Å²) >= 11 is 0. The van der Waals surface area contributed by atoms with E-state index in [2.05, 4.69) is 69.4 Å². The molecule has 0 rings (SSSR count). The molecule has 1 unspecified atom stereocenters. The molecular weight excluding hydrogens is 757 g/mol. The Bertz CT molecular complexity index is 1070. The van der Waals surface area contributed by atoms with Gasteiger partial charge in [-0.2, -0.15) is 0 Å². The summed E-state index contributed by atoms with van der Waals surface area (Å²) in [4.78, 5) is 37.9. The van der Waals surface area contributed by atoms with Crippen molar-refractivity contribution in [3.05, 3.63) is 48.6 Å². The van der Waals surface area contributed by atoms with E-state index < -0.39 is 6.10 Å². The number of hydrogen-bond donors (Lipinski definition) is 0. The Morgan fingerprint density at radius 2 is 0.639 bits per heavy atom. The topological polar surface area (TPSA) is 78.9 Å². The summed E-state index contributed by atoms with van der Waals surface area (Å²) in [5, 5.41) is 0. The van der Waals surface area contributed by atoms with E-state index in [1.165, 1.54) is 135 Å². The van der Waals surface area contributed by atoms with Gasteiger partial charge < -0.3 is 14.2 Å². The number of rotatable bonds is 47. The average Bonchev–Trinajstić information content (AvgIpc) is 3.26. The van der Waals surface area contributed by atoms with Crippen molar-refractivity contribution in [2.24, 2.45) is 0 Å². The molecule has 0 radical (unpaired) electrons. The van der Waals surface area contributed by atoms with Crippen LogP contribution in [-0.4, -0.2) is 37.2 Å². The van der Waals surface area contributed by atoms with Gasteiger partial charge in [0.25, 0.3) is 0 Å². The lowest BCUT2D eigenvalue weighted by Gasteiger charge is -2.18. The van der Waals surface area contributed by atoms with Crippen LogP contribution >= 0.6 is 0 Å². The van der Waals surface area contributed by atoms with Gasteiger partial charge >= 0.3 is 17.9 Å². The molecule has 354 valence electrons. The van der Waals surface area contributed by atoms with E-state index >= 15 is 0 Å². The highest BCUT2D eigenvalue weighted by Crippen LogP contribution is 2.16. The van der Waals surface area contributed by atoms with Gasteiger partial charge in [0.05, 0.1) is 0 Å². The zero-order chi connectivity index (χ0) is 44.4. The lowest BCUT2D eigenvalue weighted by Crippen LogP contribution is -2.30. The van der Waals surface area contributed by atoms with Crippen LogP contribution in [0.1, 0.15) is 265 Å². The largest absolute Gasteiger partial charge is 0.462 e. The third kappa shape index (κ3) is 48.3. The van der Waals surface area contributed by atoms with E-state index in [0.717, 1.165) is 89.9 Å². The summed E-state index contributed by atoms with van der Waals surface area (Å²) in [5.74, 6) is -0.938. The molecule has 6 nitrogen and oxygen atoms in total. The summed E-state index contributed by atoms with van der Waals surface area (Å²) in [6, 6.07) is 0. The lowest BCUT2D eigenvalue weighted by molar-refractivity contribution is -0.167. The van der Waals surface area contributed by atoms with E-state index in [-0.39, 0.29) is 31.1 Å². The zero-order valence-corrected chi connectivity index (χ0v) is 40.4. The first-order valence-electron chi connectivity index (χ1n) is 26.1. The summed E-state index contributed by atoms with van der Waals surface area (Å²) in [6.45, 7) is 6.49. The molecule has 0 saturated heterocycles. The van der Waals surface area contributed by atoms with Gasteiger partial charge in [-0.15, -0.1) is 0 Å². The van der Waals surface area contributed by atoms with Crippen molar-refractivity contribution < 1.29 is 28.6 Å². The molecule has 0 aliphatic rings. The second-order valence-corrected chi connectivity index (χ2v) is 17.4. The standard InChI is InChI=1S/C55H98O6/c1-4-7-10-13-16-19-22-25-27-28-29-31-33-36-39-42-45-48-54(57)60-51-52(50-59-53(56)47-44-41-38-35-32-24-21-18-15-12-9-6-3)61-55(58)49-46-43-40-37-34-30-26-23-20-17-14-11-8-5-2/h9,12,18,21,30,32,34-35,52H,4-8,10-11,13-17,19-20,22-29,31,33,36-51H2,1-3H3/b12-9-,21-18-,34-30-,35-32-. The van der Waals surface area contributed by atoms with Crippen LogP contribution < -0.4 is 0 Å². The number of ether oxygens (including phenoxy) is 3. The van der Waals surface area contributed by atoms with Crippen molar-refractivity contribution in [1.29, 1.82) is 0 Å². The van der Waals surface area contributed by atoms with Crippen molar-refractivity contribution in [1.82, 2.24) is 0 Å². The lowest BCUT2D eigenvalue weighted by atomic mass is 10.0. The van der Waals surface area contributed by atoms with Gasteiger partial charge in [-0.3, -0.25) is 14.4 Å². The smallest absolute Gasteiger partial charge is 0.306 e. The normalized spacial score (nSPS) is 12.4. The second-order valence-electron chi connectivity index (χ2n) is 17.4. The van der Waals surface area contributed by atoms with E-state index in [9.17, 15) is 14.4 Å². The Morgan fingerprint density at radius 1 is 0.344 bits per heavy atom. The van der Waals surface area contributed by atoms with Crippen molar-refractivity contribution in [2.45, 2.75) is 271 Å². The summed E-state index contributed by atoms with van der Waals surface area (Å²) in [6.07, 6.45) is 59.6. The molecule has 0 spiro atoms. The van der Waals surface area contributed by atoms with Gasteiger partial charge in [-0.05, 0) is 77.0 Å². The molecule has 0 aromatic carbocycles. The van der Waals surface area contributed by atoms with Crippen LogP contribution in [0.3, 0.4) is 0 Å². The van der Waals surface area contributed by atoms with E-state index in [1.54, 1.807) is 0 Å². The summed E-state index contributed by atoms with van der Waals surface area (Å²) in [7, 11) is 0. The fourth-order valence-electron chi connectivity index (χ4n) is 7.39. The highest BCUT2D eigenvalue weighted by molar-refractivity contribution is 5.71. The molecule has 0 heterocycles. The second kappa shape index (κ2) is 50.0. The summed E-state index contributed by atoms with van der Waals surface area (Å²) in [5.41, 5.74) is 0. The third-order valence-corrected chi connectivity index (χ3v) is 11.3. The maximum Gasteiger partial charge on any atom is 0.306 e. The first kappa shape index (κ1) is 58.4. The number of esters is 3. The van der Waals surface area contributed by atoms with Gasteiger partial charge in [-0.25, -0.2) is 0 Å². The SMILES string of the molecule is CC/C=C\C/C=C\C/C=C\CCCCC(=O)OCC(COC(=O)CCCCCCCCCCCCCCCCCCC)OC(=O)CCCCC/C=C\CCCCCCCCC. The molecular formula is C55H98O6. The highest BCUT2D eigenvalue weighted by atomic mass is 16.6. The van der Waals surface area contributed by atoms with Crippen LogP contribution in [0, 0.1) is 0 Å². The molecule has 0 saturated carbocycles. The van der Waals surface area contributed by atoms with Crippen molar-refractivity contribution in [3.8, 4) is 0 Å². The molecule has 0 amide bonds. The van der Waals surface area contributed by atoms with E-state index in [4.69, 9.17) is 14.2 Å². The molecule has 0 fully saturated rings. The Hall–Kier alpha value is -2.63. The Balaban J connectivity index is 4.38. The zero-order valence-electron chi connectivity index (χ0n) is 40.4. The molecule has 61 heavy (non-hydrogen) atoms. The van der Waals surface area contributed by atoms with Crippen LogP contribution in [0.4, 0.5) is 0 Å². The highest BCUT2D eigenvalue weighted by Gasteiger charge is 2.19. The minimum absolute atomic E-state index is 0.0888. The van der Waals surface area contributed by atoms with Crippen LogP contribution in [-0.2, 0) is 28.6 Å². The van der Waals surface area contributed by atoms with Crippen LogP contribution in [0.5, 0.6) is 0 Å². The first-order valence-corrected chi connectivity index (χ1v) is 26.1. The van der Waals surface area contributed by atoms with Gasteiger partial charge in [-0.1, -0.05) is 217 Å². The summed E-state index contributed by atoms with van der Waals surface area (Å²) < 4.78 is 16.7. The molecule has 6 heteroatoms. The molecule has 1 atom stereocenters. The Morgan fingerprint density at radius 3 is 1.07 bits per heavy atom. The predicted molar refractivity (Wildman–Crippen MR) is 261 cm³/mol.